The number of anilines is 1. The van der Waals surface area contributed by atoms with Gasteiger partial charge >= 0.3 is 5.69 Å². The van der Waals surface area contributed by atoms with Gasteiger partial charge in [0.05, 0.1) is 31.5 Å². The maximum atomic E-state index is 12.2. The third kappa shape index (κ3) is 3.53. The fraction of sp³-hybridized carbons (Fsp3) is 0. The predicted molar refractivity (Wildman–Crippen MR) is 85.8 cm³/mol. The summed E-state index contributed by atoms with van der Waals surface area (Å²) in [5.74, 6) is -1.97. The summed E-state index contributed by atoms with van der Waals surface area (Å²) in [4.78, 5) is 32.0. The van der Waals surface area contributed by atoms with Gasteiger partial charge in [0.2, 0.25) is 5.75 Å². The lowest BCUT2D eigenvalue weighted by atomic mass is 10.1. The van der Waals surface area contributed by atoms with Gasteiger partial charge in [-0.05, 0) is 18.2 Å². The van der Waals surface area contributed by atoms with Crippen LogP contribution in [0.1, 0.15) is 10.4 Å². The molecule has 0 saturated heterocycles. The fourth-order valence-corrected chi connectivity index (χ4v) is 2.09. The van der Waals surface area contributed by atoms with Crippen molar-refractivity contribution in [3.63, 3.8) is 0 Å². The maximum Gasteiger partial charge on any atom is 0.318 e. The number of nitro benzene ring substituents is 2. The van der Waals surface area contributed by atoms with Crippen LogP contribution in [0.15, 0.2) is 30.3 Å². The minimum Gasteiger partial charge on any atom is -0.502 e. The first-order valence-electron chi connectivity index (χ1n) is 6.13. The van der Waals surface area contributed by atoms with Gasteiger partial charge in [-0.15, -0.1) is 0 Å². The maximum absolute atomic E-state index is 12.2. The van der Waals surface area contributed by atoms with Crippen molar-refractivity contribution in [1.29, 1.82) is 0 Å². The number of amides is 1. The number of phenolic OH excluding ortho intramolecular Hbond substituents is 1. The van der Waals surface area contributed by atoms with Gasteiger partial charge in [0.25, 0.3) is 11.6 Å². The number of phenols is 1. The Morgan fingerprint density at radius 1 is 1.04 bits per heavy atom. The Morgan fingerprint density at radius 3 is 2.25 bits per heavy atom. The van der Waals surface area contributed by atoms with E-state index in [2.05, 4.69) is 5.32 Å². The molecule has 0 atom stereocenters. The number of hydrogen-bond acceptors (Lipinski definition) is 6. The number of aromatic hydroxyl groups is 1. The Morgan fingerprint density at radius 2 is 1.71 bits per heavy atom. The van der Waals surface area contributed by atoms with Crippen molar-refractivity contribution < 1.29 is 19.7 Å². The molecule has 2 aromatic carbocycles. The molecule has 0 radical (unpaired) electrons. The molecule has 0 unspecified atom stereocenters. The summed E-state index contributed by atoms with van der Waals surface area (Å²) < 4.78 is 0. The standard InChI is InChI=1S/C13H7Cl2N3O6/c14-9-2-1-6(3-10(9)15)16-13(20)8-4-7(17(21)22)5-11(12(8)19)18(23)24/h1-5,19H,(H,16,20). The largest absolute Gasteiger partial charge is 0.502 e. The number of non-ortho nitro benzene ring substituents is 1. The molecular formula is C13H7Cl2N3O6. The van der Waals surface area contributed by atoms with Gasteiger partial charge < -0.3 is 10.4 Å². The van der Waals surface area contributed by atoms with E-state index in [1.54, 1.807) is 0 Å². The molecule has 0 bridgehead atoms. The van der Waals surface area contributed by atoms with E-state index in [0.29, 0.717) is 6.07 Å². The Balaban J connectivity index is 2.46. The first-order chi connectivity index (χ1) is 11.2. The van der Waals surface area contributed by atoms with Crippen LogP contribution >= 0.6 is 23.2 Å². The molecule has 2 rings (SSSR count). The van der Waals surface area contributed by atoms with Crippen molar-refractivity contribution in [2.75, 3.05) is 5.32 Å². The number of hydrogen-bond donors (Lipinski definition) is 2. The Bertz CT molecular complexity index is 871. The number of nitro groups is 2. The number of carbonyl (C=O) groups excluding carboxylic acids is 1. The third-order valence-electron chi connectivity index (χ3n) is 2.90. The van der Waals surface area contributed by atoms with Crippen LogP contribution in [-0.4, -0.2) is 20.9 Å². The molecule has 0 aliphatic rings. The molecule has 0 aliphatic heterocycles. The van der Waals surface area contributed by atoms with E-state index in [4.69, 9.17) is 23.2 Å². The number of nitrogens with one attached hydrogen (secondary N) is 1. The molecule has 1 amide bonds. The lowest BCUT2D eigenvalue weighted by Gasteiger charge is -2.08. The van der Waals surface area contributed by atoms with Crippen LogP contribution in [0, 0.1) is 20.2 Å². The lowest BCUT2D eigenvalue weighted by Crippen LogP contribution is -2.13. The topological polar surface area (TPSA) is 136 Å². The molecule has 0 heterocycles. The molecule has 0 spiro atoms. The highest BCUT2D eigenvalue weighted by Crippen LogP contribution is 2.35. The zero-order chi connectivity index (χ0) is 18.0. The number of rotatable bonds is 4. The van der Waals surface area contributed by atoms with Crippen molar-refractivity contribution in [1.82, 2.24) is 0 Å². The van der Waals surface area contributed by atoms with Gasteiger partial charge in [-0.2, -0.15) is 0 Å². The van der Waals surface area contributed by atoms with Gasteiger partial charge in [0, 0.05) is 11.8 Å². The van der Waals surface area contributed by atoms with E-state index < -0.39 is 38.4 Å². The average molecular weight is 372 g/mol. The van der Waals surface area contributed by atoms with Gasteiger partial charge in [-0.25, -0.2) is 0 Å². The second-order valence-corrected chi connectivity index (χ2v) is 5.27. The van der Waals surface area contributed by atoms with Crippen molar-refractivity contribution in [2.24, 2.45) is 0 Å². The summed E-state index contributed by atoms with van der Waals surface area (Å²) in [5.41, 5.74) is -2.10. The molecular weight excluding hydrogens is 365 g/mol. The predicted octanol–water partition coefficient (Wildman–Crippen LogP) is 3.77. The Labute approximate surface area is 143 Å². The molecule has 24 heavy (non-hydrogen) atoms. The zero-order valence-electron chi connectivity index (χ0n) is 11.5. The molecule has 0 aliphatic carbocycles. The van der Waals surface area contributed by atoms with Gasteiger partial charge in [-0.3, -0.25) is 25.0 Å². The summed E-state index contributed by atoms with van der Waals surface area (Å²) >= 11 is 11.5. The average Bonchev–Trinajstić information content (AvgIpc) is 2.50. The minimum atomic E-state index is -1.03. The van der Waals surface area contributed by atoms with Crippen LogP contribution in [0.5, 0.6) is 5.75 Å². The van der Waals surface area contributed by atoms with Crippen LogP contribution in [0.25, 0.3) is 0 Å². The normalized spacial score (nSPS) is 10.2. The van der Waals surface area contributed by atoms with E-state index in [9.17, 15) is 30.1 Å². The molecule has 0 fully saturated rings. The van der Waals surface area contributed by atoms with Crippen LogP contribution in [-0.2, 0) is 0 Å². The van der Waals surface area contributed by atoms with E-state index in [0.717, 1.165) is 6.07 Å². The fourth-order valence-electron chi connectivity index (χ4n) is 1.79. The number of benzene rings is 2. The number of carbonyl (C=O) groups is 1. The first-order valence-corrected chi connectivity index (χ1v) is 6.88. The quantitative estimate of drug-likeness (QED) is 0.619. The lowest BCUT2D eigenvalue weighted by molar-refractivity contribution is -0.394. The van der Waals surface area contributed by atoms with Crippen molar-refractivity contribution in [2.45, 2.75) is 0 Å². The smallest absolute Gasteiger partial charge is 0.318 e. The van der Waals surface area contributed by atoms with Crippen molar-refractivity contribution in [3.8, 4) is 5.75 Å². The summed E-state index contributed by atoms with van der Waals surface area (Å²) in [7, 11) is 0. The second kappa shape index (κ2) is 6.69. The third-order valence-corrected chi connectivity index (χ3v) is 3.64. The molecule has 0 aromatic heterocycles. The van der Waals surface area contributed by atoms with Crippen LogP contribution in [0.2, 0.25) is 10.0 Å². The van der Waals surface area contributed by atoms with Gasteiger partial charge in [-0.1, -0.05) is 23.2 Å². The van der Waals surface area contributed by atoms with E-state index >= 15 is 0 Å². The number of nitrogens with zero attached hydrogens (tertiary/aromatic N) is 2. The van der Waals surface area contributed by atoms with Crippen LogP contribution in [0.3, 0.4) is 0 Å². The molecule has 2 N–H and O–H groups in total. The van der Waals surface area contributed by atoms with Gasteiger partial charge in [0.1, 0.15) is 0 Å². The summed E-state index contributed by atoms with van der Waals surface area (Å²) in [5, 5.41) is 34.2. The SMILES string of the molecule is O=C(Nc1ccc(Cl)c(Cl)c1)c1cc([N+](=O)[O-])cc([N+](=O)[O-])c1O. The molecule has 124 valence electrons. The van der Waals surface area contributed by atoms with Crippen molar-refractivity contribution >= 4 is 46.2 Å². The molecule has 11 heteroatoms. The summed E-state index contributed by atoms with van der Waals surface area (Å²) in [6.07, 6.45) is 0. The Kier molecular flexibility index (Phi) is 4.86. The highest BCUT2D eigenvalue weighted by molar-refractivity contribution is 6.42. The minimum absolute atomic E-state index is 0.142. The van der Waals surface area contributed by atoms with Crippen LogP contribution in [0.4, 0.5) is 17.1 Å². The van der Waals surface area contributed by atoms with Crippen molar-refractivity contribution in [3.05, 3.63) is 66.2 Å². The first kappa shape index (κ1) is 17.4. The monoisotopic (exact) mass is 371 g/mol. The van der Waals surface area contributed by atoms with E-state index in [1.165, 1.54) is 18.2 Å². The molecule has 2 aromatic rings. The Hall–Kier alpha value is -2.91. The highest BCUT2D eigenvalue weighted by atomic mass is 35.5. The second-order valence-electron chi connectivity index (χ2n) is 4.46. The van der Waals surface area contributed by atoms with E-state index in [-0.39, 0.29) is 15.7 Å². The summed E-state index contributed by atoms with van der Waals surface area (Å²) in [6, 6.07) is 5.40. The van der Waals surface area contributed by atoms with E-state index in [1.807, 2.05) is 0 Å². The highest BCUT2D eigenvalue weighted by Gasteiger charge is 2.27. The number of halogens is 2. The van der Waals surface area contributed by atoms with Crippen LogP contribution < -0.4 is 5.32 Å². The summed E-state index contributed by atoms with van der Waals surface area (Å²) in [6.45, 7) is 0. The molecule has 9 nitrogen and oxygen atoms in total. The zero-order valence-corrected chi connectivity index (χ0v) is 13.0. The molecule has 0 saturated carbocycles. The van der Waals surface area contributed by atoms with Gasteiger partial charge in [0.15, 0.2) is 0 Å².